The number of aromatic nitrogens is 1. The number of ether oxygens (including phenoxy) is 1. The maximum Gasteiger partial charge on any atom is 0.275 e. The highest BCUT2D eigenvalue weighted by Gasteiger charge is 2.37. The number of sulfonamides is 1. The molecule has 5 rings (SSSR count). The maximum absolute atomic E-state index is 13.2. The fourth-order valence-electron chi connectivity index (χ4n) is 5.23. The predicted octanol–water partition coefficient (Wildman–Crippen LogP) is 2.90. The zero-order valence-corrected chi connectivity index (χ0v) is 18.7. The molecule has 0 unspecified atom stereocenters. The van der Waals surface area contributed by atoms with Crippen LogP contribution in [0.4, 0.5) is 5.69 Å². The van der Waals surface area contributed by atoms with Gasteiger partial charge in [-0.1, -0.05) is 11.6 Å². The van der Waals surface area contributed by atoms with Crippen LogP contribution in [0.1, 0.15) is 30.9 Å². The third-order valence-electron chi connectivity index (χ3n) is 6.71. The largest absolute Gasteiger partial charge is 0.381 e. The standard InChI is InChI=1S/C22H26ClN3O4S/c23-17-1-3-19(4-2-17)31(28,29)24-20-5-6-21-16-11-15(13-26(21)22(20)27)12-25(14-16)18-7-9-30-10-8-18/h1-6,15-16,18,24H,7-14H2/t15-,16+/m0/s1. The van der Waals surface area contributed by atoms with Gasteiger partial charge in [0.2, 0.25) is 0 Å². The lowest BCUT2D eigenvalue weighted by Crippen LogP contribution is -2.51. The zero-order valence-electron chi connectivity index (χ0n) is 17.2. The van der Waals surface area contributed by atoms with E-state index in [2.05, 4.69) is 9.62 Å². The summed E-state index contributed by atoms with van der Waals surface area (Å²) in [7, 11) is -3.86. The molecule has 2 bridgehead atoms. The van der Waals surface area contributed by atoms with Crippen LogP contribution in [0.25, 0.3) is 0 Å². The number of nitrogens with one attached hydrogen (secondary N) is 1. The molecule has 4 heterocycles. The van der Waals surface area contributed by atoms with Gasteiger partial charge < -0.3 is 9.30 Å². The Morgan fingerprint density at radius 1 is 1.00 bits per heavy atom. The molecule has 0 aliphatic carbocycles. The normalized spacial score (nSPS) is 24.5. The van der Waals surface area contributed by atoms with Crippen LogP contribution in [-0.2, 0) is 21.3 Å². The molecule has 0 amide bonds. The van der Waals surface area contributed by atoms with Crippen molar-refractivity contribution in [3.8, 4) is 0 Å². The minimum Gasteiger partial charge on any atom is -0.381 e. The molecule has 31 heavy (non-hydrogen) atoms. The average Bonchev–Trinajstić information content (AvgIpc) is 2.77. The molecule has 2 saturated heterocycles. The van der Waals surface area contributed by atoms with E-state index >= 15 is 0 Å². The second-order valence-corrected chi connectivity index (χ2v) is 10.9. The van der Waals surface area contributed by atoms with Gasteiger partial charge in [-0.2, -0.15) is 0 Å². The number of pyridine rings is 1. The third-order valence-corrected chi connectivity index (χ3v) is 8.34. The van der Waals surface area contributed by atoms with E-state index in [1.54, 1.807) is 10.6 Å². The van der Waals surface area contributed by atoms with Crippen molar-refractivity contribution >= 4 is 27.3 Å². The SMILES string of the molecule is O=c1c(NS(=O)(=O)c2ccc(Cl)cc2)ccc2n1C[C@H]1C[C@@H]2CN(C2CCOCC2)C1. The van der Waals surface area contributed by atoms with E-state index in [0.29, 0.717) is 29.4 Å². The highest BCUT2D eigenvalue weighted by atomic mass is 35.5. The number of nitrogens with zero attached hydrogens (tertiary/aromatic N) is 2. The van der Waals surface area contributed by atoms with Crippen molar-refractivity contribution in [3.63, 3.8) is 0 Å². The Bertz CT molecular complexity index is 1130. The van der Waals surface area contributed by atoms with E-state index in [4.69, 9.17) is 16.3 Å². The summed E-state index contributed by atoms with van der Waals surface area (Å²) in [4.78, 5) is 15.8. The smallest absolute Gasteiger partial charge is 0.275 e. The van der Waals surface area contributed by atoms with Crippen LogP contribution in [0.2, 0.25) is 5.02 Å². The lowest BCUT2D eigenvalue weighted by Gasteiger charge is -2.46. The van der Waals surface area contributed by atoms with Crippen LogP contribution in [-0.4, -0.2) is 50.2 Å². The number of fused-ring (bicyclic) bond motifs is 4. The summed E-state index contributed by atoms with van der Waals surface area (Å²) in [6, 6.07) is 9.96. The molecule has 1 N–H and O–H groups in total. The van der Waals surface area contributed by atoms with Gasteiger partial charge in [-0.25, -0.2) is 8.42 Å². The van der Waals surface area contributed by atoms with Gasteiger partial charge in [0, 0.05) is 55.5 Å². The number of anilines is 1. The first kappa shape index (κ1) is 21.0. The molecule has 166 valence electrons. The molecule has 2 atom stereocenters. The summed E-state index contributed by atoms with van der Waals surface area (Å²) < 4.78 is 35.2. The van der Waals surface area contributed by atoms with Gasteiger partial charge in [0.05, 0.1) is 4.90 Å². The molecule has 1 aromatic carbocycles. The number of halogens is 1. The van der Waals surface area contributed by atoms with Crippen molar-refractivity contribution in [1.82, 2.24) is 9.47 Å². The van der Waals surface area contributed by atoms with Crippen LogP contribution in [0, 0.1) is 5.92 Å². The molecular formula is C22H26ClN3O4S. The van der Waals surface area contributed by atoms with Crippen molar-refractivity contribution in [3.05, 3.63) is 57.5 Å². The summed E-state index contributed by atoms with van der Waals surface area (Å²) in [6.07, 6.45) is 3.21. The Labute approximate surface area is 187 Å². The van der Waals surface area contributed by atoms with Gasteiger partial charge in [-0.3, -0.25) is 14.4 Å². The minimum atomic E-state index is -3.86. The van der Waals surface area contributed by atoms with Crippen molar-refractivity contribution in [2.75, 3.05) is 31.0 Å². The number of piperidine rings is 1. The van der Waals surface area contributed by atoms with Crippen LogP contribution in [0.3, 0.4) is 0 Å². The molecule has 3 aliphatic heterocycles. The molecule has 1 aromatic heterocycles. The van der Waals surface area contributed by atoms with E-state index in [1.807, 2.05) is 6.07 Å². The molecule has 3 aliphatic rings. The topological polar surface area (TPSA) is 80.6 Å². The van der Waals surface area contributed by atoms with Gasteiger partial charge in [0.1, 0.15) is 5.69 Å². The van der Waals surface area contributed by atoms with Crippen molar-refractivity contribution in [1.29, 1.82) is 0 Å². The monoisotopic (exact) mass is 463 g/mol. The van der Waals surface area contributed by atoms with E-state index < -0.39 is 10.0 Å². The summed E-state index contributed by atoms with van der Waals surface area (Å²) >= 11 is 5.85. The molecule has 0 spiro atoms. The zero-order chi connectivity index (χ0) is 21.6. The number of likely N-dealkylation sites (tertiary alicyclic amines) is 1. The first-order chi connectivity index (χ1) is 14.9. The van der Waals surface area contributed by atoms with Crippen LogP contribution in [0.15, 0.2) is 46.1 Å². The molecule has 2 fully saturated rings. The Morgan fingerprint density at radius 3 is 2.48 bits per heavy atom. The molecule has 9 heteroatoms. The summed E-state index contributed by atoms with van der Waals surface area (Å²) in [5.74, 6) is 0.694. The van der Waals surface area contributed by atoms with Crippen molar-refractivity contribution < 1.29 is 13.2 Å². The van der Waals surface area contributed by atoms with Crippen LogP contribution < -0.4 is 10.3 Å². The maximum atomic E-state index is 13.2. The first-order valence-electron chi connectivity index (χ1n) is 10.7. The summed E-state index contributed by atoms with van der Waals surface area (Å²) in [5, 5.41) is 0.453. The molecule has 7 nitrogen and oxygen atoms in total. The van der Waals surface area contributed by atoms with Gasteiger partial charge in [0.25, 0.3) is 15.6 Å². The third kappa shape index (κ3) is 4.14. The van der Waals surface area contributed by atoms with E-state index in [1.165, 1.54) is 24.3 Å². The summed E-state index contributed by atoms with van der Waals surface area (Å²) in [5.41, 5.74) is 0.816. The lowest BCUT2D eigenvalue weighted by molar-refractivity contribution is 0.00589. The lowest BCUT2D eigenvalue weighted by atomic mass is 9.82. The Kier molecular flexibility index (Phi) is 5.58. The van der Waals surface area contributed by atoms with Crippen molar-refractivity contribution in [2.45, 2.75) is 42.7 Å². The van der Waals surface area contributed by atoms with Gasteiger partial charge in [-0.05, 0) is 61.6 Å². The molecule has 2 aromatic rings. The Morgan fingerprint density at radius 2 is 1.74 bits per heavy atom. The average molecular weight is 464 g/mol. The minimum absolute atomic E-state index is 0.0722. The van der Waals surface area contributed by atoms with Crippen molar-refractivity contribution in [2.24, 2.45) is 5.92 Å². The summed E-state index contributed by atoms with van der Waals surface area (Å²) in [6.45, 7) is 4.19. The van der Waals surface area contributed by atoms with Gasteiger partial charge >= 0.3 is 0 Å². The number of benzene rings is 1. The number of hydrogen-bond donors (Lipinski definition) is 1. The number of rotatable bonds is 4. The Hall–Kier alpha value is -1.87. The van der Waals surface area contributed by atoms with Crippen LogP contribution in [0.5, 0.6) is 0 Å². The molecule has 0 radical (unpaired) electrons. The second-order valence-electron chi connectivity index (χ2n) is 8.74. The molecular weight excluding hydrogens is 438 g/mol. The van der Waals surface area contributed by atoms with Gasteiger partial charge in [0.15, 0.2) is 0 Å². The van der Waals surface area contributed by atoms with E-state index in [-0.39, 0.29) is 16.1 Å². The molecule has 0 saturated carbocycles. The highest BCUT2D eigenvalue weighted by Crippen LogP contribution is 2.37. The quantitative estimate of drug-likeness (QED) is 0.754. The van der Waals surface area contributed by atoms with E-state index in [9.17, 15) is 13.2 Å². The van der Waals surface area contributed by atoms with Gasteiger partial charge in [-0.15, -0.1) is 0 Å². The van der Waals surface area contributed by atoms with E-state index in [0.717, 1.165) is 51.3 Å². The fraction of sp³-hybridized carbons (Fsp3) is 0.500. The Balaban J connectivity index is 1.39. The fourth-order valence-corrected chi connectivity index (χ4v) is 6.41. The second kappa shape index (κ2) is 8.24. The van der Waals surface area contributed by atoms with Crippen LogP contribution >= 0.6 is 11.6 Å². The predicted molar refractivity (Wildman–Crippen MR) is 119 cm³/mol. The first-order valence-corrected chi connectivity index (χ1v) is 12.6. The number of hydrogen-bond acceptors (Lipinski definition) is 5. The highest BCUT2D eigenvalue weighted by molar-refractivity contribution is 7.92.